The van der Waals surface area contributed by atoms with Crippen LogP contribution >= 0.6 is 0 Å². The summed E-state index contributed by atoms with van der Waals surface area (Å²) in [5, 5.41) is 11.6. The van der Waals surface area contributed by atoms with Gasteiger partial charge in [0.25, 0.3) is 0 Å². The number of anilines is 1. The van der Waals surface area contributed by atoms with Gasteiger partial charge in [0.15, 0.2) is 11.5 Å². The number of carbonyl (C=O) groups is 3. The lowest BCUT2D eigenvalue weighted by Crippen LogP contribution is -2.45. The maximum atomic E-state index is 12.2. The van der Waals surface area contributed by atoms with Crippen molar-refractivity contribution in [3.05, 3.63) is 53.8 Å². The highest BCUT2D eigenvalue weighted by molar-refractivity contribution is 6.17. The van der Waals surface area contributed by atoms with Crippen LogP contribution < -0.4 is 4.90 Å². The third-order valence-corrected chi connectivity index (χ3v) is 4.12. The van der Waals surface area contributed by atoms with Crippen LogP contribution in [0.2, 0.25) is 0 Å². The highest BCUT2D eigenvalue weighted by Crippen LogP contribution is 2.18. The van der Waals surface area contributed by atoms with Crippen LogP contribution in [-0.2, 0) is 14.3 Å². The van der Waals surface area contributed by atoms with Crippen molar-refractivity contribution in [2.24, 2.45) is 5.16 Å². The standard InChI is InChI=1S/C18H17N3O5/c22-15-5-6-16(23)17(11-15)26-18(24)13-1-3-14(4-2-13)21-9-7-20(8-10-21)12-19-25/h1-6,11-12,25H,7-10H2. The number of oxime groups is 1. The third-order valence-electron chi connectivity index (χ3n) is 4.12. The molecule has 0 atom stereocenters. The van der Waals surface area contributed by atoms with Crippen LogP contribution in [0.15, 0.2) is 53.4 Å². The molecule has 1 fully saturated rings. The maximum absolute atomic E-state index is 12.2. The summed E-state index contributed by atoms with van der Waals surface area (Å²) in [5.74, 6) is -1.87. The van der Waals surface area contributed by atoms with Gasteiger partial charge in [-0.1, -0.05) is 5.16 Å². The number of ketones is 2. The predicted octanol–water partition coefficient (Wildman–Crippen LogP) is 0.975. The summed E-state index contributed by atoms with van der Waals surface area (Å²) in [4.78, 5) is 39.1. The minimum atomic E-state index is -0.691. The Hall–Kier alpha value is -3.42. The van der Waals surface area contributed by atoms with Crippen molar-refractivity contribution >= 4 is 29.6 Å². The van der Waals surface area contributed by atoms with Gasteiger partial charge in [0, 0.05) is 37.9 Å². The molecule has 8 nitrogen and oxygen atoms in total. The smallest absolute Gasteiger partial charge is 0.343 e. The van der Waals surface area contributed by atoms with Gasteiger partial charge in [-0.2, -0.15) is 0 Å². The van der Waals surface area contributed by atoms with Crippen molar-refractivity contribution in [3.8, 4) is 0 Å². The van der Waals surface area contributed by atoms with E-state index in [1.165, 1.54) is 6.34 Å². The first-order valence-electron chi connectivity index (χ1n) is 8.03. The molecule has 1 saturated heterocycles. The zero-order valence-corrected chi connectivity index (χ0v) is 13.9. The van der Waals surface area contributed by atoms with Gasteiger partial charge in [-0.3, -0.25) is 9.59 Å². The number of rotatable bonds is 4. The molecule has 0 amide bonds. The zero-order valence-electron chi connectivity index (χ0n) is 13.9. The molecule has 1 aromatic carbocycles. The monoisotopic (exact) mass is 355 g/mol. The second-order valence-electron chi connectivity index (χ2n) is 5.80. The van der Waals surface area contributed by atoms with Gasteiger partial charge in [0.05, 0.1) is 5.56 Å². The maximum Gasteiger partial charge on any atom is 0.343 e. The first kappa shape index (κ1) is 17.4. The van der Waals surface area contributed by atoms with E-state index in [1.54, 1.807) is 24.3 Å². The van der Waals surface area contributed by atoms with Crippen molar-refractivity contribution < 1.29 is 24.3 Å². The lowest BCUT2D eigenvalue weighted by atomic mass is 10.1. The largest absolute Gasteiger partial charge is 0.419 e. The van der Waals surface area contributed by atoms with Crippen LogP contribution in [-0.4, -0.2) is 60.2 Å². The number of nitrogens with zero attached hydrogens (tertiary/aromatic N) is 3. The van der Waals surface area contributed by atoms with Gasteiger partial charge in [-0.15, -0.1) is 0 Å². The average Bonchev–Trinajstić information content (AvgIpc) is 2.66. The number of hydrogen-bond donors (Lipinski definition) is 1. The van der Waals surface area contributed by atoms with E-state index in [-0.39, 0.29) is 11.3 Å². The first-order chi connectivity index (χ1) is 12.6. The zero-order chi connectivity index (χ0) is 18.5. The van der Waals surface area contributed by atoms with Crippen LogP contribution in [0.25, 0.3) is 0 Å². The minimum Gasteiger partial charge on any atom is -0.419 e. The number of benzene rings is 1. The van der Waals surface area contributed by atoms with Crippen LogP contribution in [0.4, 0.5) is 5.69 Å². The van der Waals surface area contributed by atoms with Crippen molar-refractivity contribution in [2.75, 3.05) is 31.1 Å². The van der Waals surface area contributed by atoms with E-state index >= 15 is 0 Å². The highest BCUT2D eigenvalue weighted by Gasteiger charge is 2.20. The molecule has 1 aromatic rings. The molecule has 26 heavy (non-hydrogen) atoms. The summed E-state index contributed by atoms with van der Waals surface area (Å²) >= 11 is 0. The molecule has 8 heteroatoms. The van der Waals surface area contributed by atoms with Crippen molar-refractivity contribution in [1.29, 1.82) is 0 Å². The number of ether oxygens (including phenoxy) is 1. The molecular weight excluding hydrogens is 338 g/mol. The predicted molar refractivity (Wildman–Crippen MR) is 93.2 cm³/mol. The van der Waals surface area contributed by atoms with Gasteiger partial charge < -0.3 is 19.7 Å². The summed E-state index contributed by atoms with van der Waals surface area (Å²) < 4.78 is 5.03. The molecule has 1 N–H and O–H groups in total. The van der Waals surface area contributed by atoms with E-state index < -0.39 is 17.5 Å². The average molecular weight is 355 g/mol. The fourth-order valence-electron chi connectivity index (χ4n) is 2.70. The third kappa shape index (κ3) is 3.97. The minimum absolute atomic E-state index is 0.270. The molecule has 1 aliphatic heterocycles. The Bertz CT molecular complexity index is 803. The number of hydrogen-bond acceptors (Lipinski definition) is 7. The van der Waals surface area contributed by atoms with E-state index in [2.05, 4.69) is 10.1 Å². The normalized spacial score (nSPS) is 17.6. The fraction of sp³-hybridized carbons (Fsp3) is 0.222. The summed E-state index contributed by atoms with van der Waals surface area (Å²) in [6, 6.07) is 6.83. The van der Waals surface area contributed by atoms with E-state index in [0.717, 1.165) is 50.1 Å². The second kappa shape index (κ2) is 7.64. The molecule has 1 aliphatic carbocycles. The molecular formula is C18H17N3O5. The van der Waals surface area contributed by atoms with Crippen LogP contribution in [0.5, 0.6) is 0 Å². The molecule has 2 aliphatic rings. The van der Waals surface area contributed by atoms with Crippen LogP contribution in [0.3, 0.4) is 0 Å². The Morgan fingerprint density at radius 2 is 1.77 bits per heavy atom. The topological polar surface area (TPSA) is 99.5 Å². The Morgan fingerprint density at radius 3 is 2.42 bits per heavy atom. The molecule has 0 unspecified atom stereocenters. The number of esters is 1. The summed E-state index contributed by atoms with van der Waals surface area (Å²) in [6.07, 6.45) is 4.61. The summed E-state index contributed by atoms with van der Waals surface area (Å²) in [7, 11) is 0. The second-order valence-corrected chi connectivity index (χ2v) is 5.80. The Kier molecular flexibility index (Phi) is 5.12. The SMILES string of the molecule is O=C1C=CC(=O)C(OC(=O)c2ccc(N3CCN(C=NO)CC3)cc2)=C1. The number of piperazine rings is 1. The number of carbonyl (C=O) groups excluding carboxylic acids is 3. The fourth-order valence-corrected chi connectivity index (χ4v) is 2.70. The van der Waals surface area contributed by atoms with Crippen molar-refractivity contribution in [1.82, 2.24) is 4.90 Å². The van der Waals surface area contributed by atoms with Gasteiger partial charge in [0.1, 0.15) is 6.34 Å². The number of allylic oxidation sites excluding steroid dienone is 3. The quantitative estimate of drug-likeness (QED) is 0.215. The van der Waals surface area contributed by atoms with E-state index in [1.807, 2.05) is 4.90 Å². The first-order valence-corrected chi connectivity index (χ1v) is 8.03. The molecule has 134 valence electrons. The summed E-state index contributed by atoms with van der Waals surface area (Å²) in [5.41, 5.74) is 1.24. The van der Waals surface area contributed by atoms with E-state index in [4.69, 9.17) is 9.94 Å². The molecule has 0 radical (unpaired) electrons. The lowest BCUT2D eigenvalue weighted by molar-refractivity contribution is -0.116. The van der Waals surface area contributed by atoms with Crippen LogP contribution in [0, 0.1) is 0 Å². The van der Waals surface area contributed by atoms with Gasteiger partial charge >= 0.3 is 5.97 Å². The van der Waals surface area contributed by atoms with E-state index in [9.17, 15) is 14.4 Å². The molecule has 0 spiro atoms. The van der Waals surface area contributed by atoms with Gasteiger partial charge in [-0.05, 0) is 36.4 Å². The molecule has 0 bridgehead atoms. The molecule has 0 aromatic heterocycles. The van der Waals surface area contributed by atoms with Crippen LogP contribution in [0.1, 0.15) is 10.4 Å². The molecule has 3 rings (SSSR count). The highest BCUT2D eigenvalue weighted by atomic mass is 16.5. The Labute approximate surface area is 149 Å². The van der Waals surface area contributed by atoms with E-state index in [0.29, 0.717) is 0 Å². The molecule has 1 heterocycles. The molecule has 0 saturated carbocycles. The van der Waals surface area contributed by atoms with Crippen molar-refractivity contribution in [3.63, 3.8) is 0 Å². The summed E-state index contributed by atoms with van der Waals surface area (Å²) in [6.45, 7) is 2.97. The Morgan fingerprint density at radius 1 is 1.08 bits per heavy atom. The van der Waals surface area contributed by atoms with Gasteiger partial charge in [0.2, 0.25) is 5.78 Å². The van der Waals surface area contributed by atoms with Crippen molar-refractivity contribution in [2.45, 2.75) is 0 Å². The van der Waals surface area contributed by atoms with Gasteiger partial charge in [-0.25, -0.2) is 4.79 Å². The Balaban J connectivity index is 1.62. The lowest BCUT2D eigenvalue weighted by Gasteiger charge is -2.34.